The van der Waals surface area contributed by atoms with E-state index in [9.17, 15) is 19.5 Å². The molecule has 0 aromatic heterocycles. The molecule has 4 rings (SSSR count). The van der Waals surface area contributed by atoms with Crippen molar-refractivity contribution in [2.24, 2.45) is 0 Å². The Bertz CT molecular complexity index is 994. The first-order chi connectivity index (χ1) is 16.0. The molecular formula is C25H28N2O6. The fraction of sp³-hybridized carbons (Fsp3) is 0.400. The highest BCUT2D eigenvalue weighted by molar-refractivity contribution is 5.87. The molecule has 2 aliphatic rings. The van der Waals surface area contributed by atoms with Crippen molar-refractivity contribution in [2.75, 3.05) is 26.8 Å². The first-order valence-electron chi connectivity index (χ1n) is 11.2. The third-order valence-electron chi connectivity index (χ3n) is 6.40. The normalized spacial score (nSPS) is 17.8. The second-order valence-electron chi connectivity index (χ2n) is 8.29. The predicted molar refractivity (Wildman–Crippen MR) is 121 cm³/mol. The first-order valence-corrected chi connectivity index (χ1v) is 11.2. The minimum absolute atomic E-state index is 0.0282. The van der Waals surface area contributed by atoms with Crippen LogP contribution in [0.5, 0.6) is 0 Å². The van der Waals surface area contributed by atoms with Crippen LogP contribution in [0.2, 0.25) is 0 Å². The van der Waals surface area contributed by atoms with Crippen molar-refractivity contribution in [3.8, 4) is 11.1 Å². The average Bonchev–Trinajstić information content (AvgIpc) is 3.44. The van der Waals surface area contributed by atoms with Gasteiger partial charge in [-0.15, -0.1) is 0 Å². The molecule has 33 heavy (non-hydrogen) atoms. The van der Waals surface area contributed by atoms with Gasteiger partial charge in [0.05, 0.1) is 0 Å². The molecule has 1 aliphatic heterocycles. The Balaban J connectivity index is 1.29. The minimum atomic E-state index is -1.01. The molecule has 2 amide bonds. The molecule has 0 spiro atoms. The number of fused-ring (bicyclic) bond motifs is 3. The Kier molecular flexibility index (Phi) is 6.93. The van der Waals surface area contributed by atoms with Crippen LogP contribution in [0.1, 0.15) is 36.3 Å². The number of nitrogens with one attached hydrogen (secondary N) is 1. The Hall–Kier alpha value is -3.39. The number of methoxy groups -OCH3 is 1. The van der Waals surface area contributed by atoms with Gasteiger partial charge in [-0.25, -0.2) is 9.59 Å². The van der Waals surface area contributed by atoms with Gasteiger partial charge in [0.25, 0.3) is 5.91 Å². The molecule has 0 radical (unpaired) electrons. The van der Waals surface area contributed by atoms with E-state index in [1.54, 1.807) is 0 Å². The van der Waals surface area contributed by atoms with Crippen molar-refractivity contribution in [1.82, 2.24) is 10.2 Å². The third kappa shape index (κ3) is 4.71. The summed E-state index contributed by atoms with van der Waals surface area (Å²) < 4.78 is 10.8. The summed E-state index contributed by atoms with van der Waals surface area (Å²) in [5.41, 5.74) is 4.58. The van der Waals surface area contributed by atoms with Crippen molar-refractivity contribution in [1.29, 1.82) is 0 Å². The average molecular weight is 453 g/mol. The van der Waals surface area contributed by atoms with Crippen LogP contribution >= 0.6 is 0 Å². The molecule has 2 aromatic rings. The second kappa shape index (κ2) is 10.0. The first kappa shape index (κ1) is 22.8. The Morgan fingerprint density at radius 3 is 2.33 bits per heavy atom. The van der Waals surface area contributed by atoms with Gasteiger partial charge in [-0.1, -0.05) is 48.5 Å². The third-order valence-corrected chi connectivity index (χ3v) is 6.40. The number of benzene rings is 2. The Morgan fingerprint density at radius 1 is 1.09 bits per heavy atom. The maximum absolute atomic E-state index is 12.7. The highest BCUT2D eigenvalue weighted by Gasteiger charge is 2.37. The van der Waals surface area contributed by atoms with Gasteiger partial charge in [0, 0.05) is 32.5 Å². The van der Waals surface area contributed by atoms with Gasteiger partial charge in [-0.2, -0.15) is 0 Å². The van der Waals surface area contributed by atoms with E-state index >= 15 is 0 Å². The van der Waals surface area contributed by atoms with E-state index in [-0.39, 0.29) is 31.4 Å². The number of carboxylic acid groups (broad SMARTS) is 1. The largest absolute Gasteiger partial charge is 0.480 e. The van der Waals surface area contributed by atoms with Crippen LogP contribution in [-0.4, -0.2) is 66.9 Å². The predicted octanol–water partition coefficient (Wildman–Crippen LogP) is 3.01. The summed E-state index contributed by atoms with van der Waals surface area (Å²) in [6.45, 7) is 0.780. The molecule has 1 fully saturated rings. The Morgan fingerprint density at radius 2 is 1.73 bits per heavy atom. The van der Waals surface area contributed by atoms with E-state index in [2.05, 4.69) is 29.6 Å². The fourth-order valence-corrected chi connectivity index (χ4v) is 4.77. The number of hydrogen-bond acceptors (Lipinski definition) is 5. The molecule has 1 heterocycles. The molecular weight excluding hydrogens is 424 g/mol. The van der Waals surface area contributed by atoms with Crippen molar-refractivity contribution in [2.45, 2.75) is 37.3 Å². The minimum Gasteiger partial charge on any atom is -0.480 e. The van der Waals surface area contributed by atoms with Crippen LogP contribution in [0.4, 0.5) is 4.79 Å². The van der Waals surface area contributed by atoms with E-state index in [1.807, 2.05) is 24.3 Å². The Labute approximate surface area is 192 Å². The second-order valence-corrected chi connectivity index (χ2v) is 8.29. The number of nitrogens with zero attached hydrogens (tertiary/aromatic N) is 1. The number of amides is 2. The lowest BCUT2D eigenvalue weighted by atomic mass is 9.98. The molecule has 1 saturated heterocycles. The molecule has 174 valence electrons. The van der Waals surface area contributed by atoms with Crippen LogP contribution in [0.3, 0.4) is 0 Å². The number of carbonyl (C=O) groups excluding carboxylic acids is 2. The smallest absolute Gasteiger partial charge is 0.407 e. The number of alkyl carbamates (subject to hydrolysis) is 1. The van der Waals surface area contributed by atoms with Gasteiger partial charge in [-0.3, -0.25) is 4.79 Å². The molecule has 1 unspecified atom stereocenters. The number of hydrogen-bond donors (Lipinski definition) is 2. The molecule has 0 saturated carbocycles. The number of likely N-dealkylation sites (tertiary alicyclic amines) is 1. The summed E-state index contributed by atoms with van der Waals surface area (Å²) in [5.74, 6) is -1.40. The van der Waals surface area contributed by atoms with Crippen molar-refractivity contribution >= 4 is 18.0 Å². The molecule has 8 nitrogen and oxygen atoms in total. The zero-order valence-corrected chi connectivity index (χ0v) is 18.5. The molecule has 8 heteroatoms. The lowest BCUT2D eigenvalue weighted by Gasteiger charge is -2.26. The lowest BCUT2D eigenvalue weighted by Crippen LogP contribution is -2.46. The summed E-state index contributed by atoms with van der Waals surface area (Å²) in [6, 6.07) is 15.4. The summed E-state index contributed by atoms with van der Waals surface area (Å²) in [6.07, 6.45) is -0.0720. The number of carboxylic acids is 1. The van der Waals surface area contributed by atoms with E-state index in [4.69, 9.17) is 9.47 Å². The highest BCUT2D eigenvalue weighted by Crippen LogP contribution is 2.44. The maximum atomic E-state index is 12.7. The van der Waals surface area contributed by atoms with E-state index in [0.717, 1.165) is 22.3 Å². The van der Waals surface area contributed by atoms with Crippen LogP contribution in [0.15, 0.2) is 48.5 Å². The van der Waals surface area contributed by atoms with Crippen LogP contribution in [0, 0.1) is 0 Å². The number of carbonyl (C=O) groups is 3. The number of aliphatic carboxylic acids is 1. The molecule has 0 bridgehead atoms. The van der Waals surface area contributed by atoms with Crippen LogP contribution in [0.25, 0.3) is 11.1 Å². The lowest BCUT2D eigenvalue weighted by molar-refractivity contribution is -0.153. The number of ether oxygens (including phenoxy) is 2. The number of rotatable bonds is 8. The summed E-state index contributed by atoms with van der Waals surface area (Å²) in [4.78, 5) is 37.7. The van der Waals surface area contributed by atoms with E-state index in [0.29, 0.717) is 19.4 Å². The van der Waals surface area contributed by atoms with Gasteiger partial charge in [-0.05, 0) is 35.1 Å². The fourth-order valence-electron chi connectivity index (χ4n) is 4.77. The topological polar surface area (TPSA) is 105 Å². The zero-order valence-electron chi connectivity index (χ0n) is 18.5. The molecule has 2 N–H and O–H groups in total. The summed E-state index contributed by atoms with van der Waals surface area (Å²) in [5, 5.41) is 12.0. The standard InChI is InChI=1S/C25H28N2O6/c1-32-22(23(28)27-14-6-11-21(27)24(29)30)12-13-26-25(31)33-15-20-18-9-4-2-7-16(18)17-8-3-5-10-19(17)20/h2-5,7-10,20-22H,6,11-15H2,1H3,(H,26,31)(H,29,30)/t21-,22?/m1/s1. The highest BCUT2D eigenvalue weighted by atomic mass is 16.5. The van der Waals surface area contributed by atoms with Gasteiger partial charge < -0.3 is 24.8 Å². The van der Waals surface area contributed by atoms with Gasteiger partial charge in [0.1, 0.15) is 18.8 Å². The van der Waals surface area contributed by atoms with Crippen molar-refractivity contribution < 1.29 is 29.0 Å². The molecule has 2 atom stereocenters. The van der Waals surface area contributed by atoms with E-state index < -0.39 is 24.2 Å². The van der Waals surface area contributed by atoms with Gasteiger partial charge >= 0.3 is 12.1 Å². The zero-order chi connectivity index (χ0) is 23.4. The van der Waals surface area contributed by atoms with Crippen molar-refractivity contribution in [3.63, 3.8) is 0 Å². The molecule has 1 aliphatic carbocycles. The summed E-state index contributed by atoms with van der Waals surface area (Å²) >= 11 is 0. The maximum Gasteiger partial charge on any atom is 0.407 e. The van der Waals surface area contributed by atoms with Crippen LogP contribution in [-0.2, 0) is 19.1 Å². The SMILES string of the molecule is COC(CCNC(=O)OCC1c2ccccc2-c2ccccc21)C(=O)N1CCC[C@@H]1C(=O)O. The van der Waals surface area contributed by atoms with E-state index in [1.165, 1.54) is 12.0 Å². The van der Waals surface area contributed by atoms with Crippen LogP contribution < -0.4 is 5.32 Å². The quantitative estimate of drug-likeness (QED) is 0.638. The monoisotopic (exact) mass is 452 g/mol. The van der Waals surface area contributed by atoms with Crippen molar-refractivity contribution in [3.05, 3.63) is 59.7 Å². The van der Waals surface area contributed by atoms with Gasteiger partial charge in [0.15, 0.2) is 0 Å². The van der Waals surface area contributed by atoms with Gasteiger partial charge in [0.2, 0.25) is 0 Å². The summed E-state index contributed by atoms with van der Waals surface area (Å²) in [7, 11) is 1.40. The molecule has 2 aromatic carbocycles.